The molecule has 1 heteroatoms. The molecule has 0 bridgehead atoms. The van der Waals surface area contributed by atoms with Crippen LogP contribution in [0.15, 0.2) is 11.6 Å². The van der Waals surface area contributed by atoms with Crippen LogP contribution in [0.4, 0.5) is 0 Å². The van der Waals surface area contributed by atoms with E-state index < -0.39 is 0 Å². The Hall–Kier alpha value is -0.590. The molecular weight excluding hydrogens is 196 g/mol. The van der Waals surface area contributed by atoms with E-state index in [2.05, 4.69) is 33.8 Å². The highest BCUT2D eigenvalue weighted by atomic mass is 16.1. The second-order valence-corrected chi connectivity index (χ2v) is 6.70. The van der Waals surface area contributed by atoms with Gasteiger partial charge in [0.1, 0.15) is 6.29 Å². The first kappa shape index (κ1) is 11.9. The number of allylic oxidation sites excluding steroid dienone is 2. The zero-order valence-corrected chi connectivity index (χ0v) is 11.0. The number of fused-ring (bicyclic) bond motifs is 1. The first-order valence-corrected chi connectivity index (χ1v) is 6.54. The Bertz CT molecular complexity index is 326. The molecule has 2 rings (SSSR count). The van der Waals surface area contributed by atoms with Crippen molar-refractivity contribution in [2.75, 3.05) is 0 Å². The summed E-state index contributed by atoms with van der Waals surface area (Å²) in [5.74, 6) is 0.832. The Morgan fingerprint density at radius 3 is 2.62 bits per heavy atom. The normalized spacial score (nSPS) is 42.1. The van der Waals surface area contributed by atoms with Gasteiger partial charge in [-0.3, -0.25) is 0 Å². The van der Waals surface area contributed by atoms with Gasteiger partial charge in [0.25, 0.3) is 0 Å². The zero-order chi connectivity index (χ0) is 12.0. The van der Waals surface area contributed by atoms with Gasteiger partial charge in [-0.05, 0) is 42.9 Å². The highest BCUT2D eigenvalue weighted by molar-refractivity contribution is 5.61. The van der Waals surface area contributed by atoms with Crippen LogP contribution in [0.1, 0.15) is 53.4 Å². The van der Waals surface area contributed by atoms with Crippen molar-refractivity contribution in [1.29, 1.82) is 0 Å². The summed E-state index contributed by atoms with van der Waals surface area (Å²) in [6.45, 7) is 9.23. The van der Waals surface area contributed by atoms with Gasteiger partial charge >= 0.3 is 0 Å². The quantitative estimate of drug-likeness (QED) is 0.482. The Balaban J connectivity index is 2.42. The van der Waals surface area contributed by atoms with E-state index in [-0.39, 0.29) is 11.3 Å². The molecule has 16 heavy (non-hydrogen) atoms. The van der Waals surface area contributed by atoms with E-state index in [1.165, 1.54) is 37.5 Å². The van der Waals surface area contributed by atoms with Crippen molar-refractivity contribution in [3.8, 4) is 0 Å². The van der Waals surface area contributed by atoms with Gasteiger partial charge in [-0.25, -0.2) is 0 Å². The highest BCUT2D eigenvalue weighted by Gasteiger charge is 2.51. The molecule has 0 aliphatic heterocycles. The summed E-state index contributed by atoms with van der Waals surface area (Å²) >= 11 is 0. The maximum Gasteiger partial charge on any atom is 0.127 e. The monoisotopic (exact) mass is 220 g/mol. The van der Waals surface area contributed by atoms with Crippen LogP contribution in [0, 0.1) is 22.7 Å². The largest absolute Gasteiger partial charge is 0.303 e. The number of hydrogen-bond acceptors (Lipinski definition) is 1. The minimum atomic E-state index is 0.158. The molecule has 2 aliphatic rings. The molecule has 0 amide bonds. The lowest BCUT2D eigenvalue weighted by Gasteiger charge is -2.55. The summed E-state index contributed by atoms with van der Waals surface area (Å²) in [6, 6.07) is 0. The van der Waals surface area contributed by atoms with Crippen LogP contribution < -0.4 is 0 Å². The van der Waals surface area contributed by atoms with Gasteiger partial charge in [0.2, 0.25) is 0 Å². The van der Waals surface area contributed by atoms with Crippen molar-refractivity contribution in [2.24, 2.45) is 22.7 Å². The summed E-state index contributed by atoms with van der Waals surface area (Å²) in [5.41, 5.74) is 1.90. The van der Waals surface area contributed by atoms with E-state index in [9.17, 15) is 4.79 Å². The van der Waals surface area contributed by atoms with Crippen LogP contribution in [-0.2, 0) is 4.79 Å². The van der Waals surface area contributed by atoms with E-state index in [0.717, 1.165) is 0 Å². The lowest BCUT2D eigenvalue weighted by atomic mass is 9.49. The van der Waals surface area contributed by atoms with Gasteiger partial charge < -0.3 is 4.79 Å². The maximum atomic E-state index is 11.4. The zero-order valence-electron chi connectivity index (χ0n) is 11.0. The van der Waals surface area contributed by atoms with Crippen LogP contribution in [0.5, 0.6) is 0 Å². The Labute approximate surface area is 99.3 Å². The molecule has 1 saturated carbocycles. The molecular formula is C15H24O. The highest BCUT2D eigenvalue weighted by Crippen LogP contribution is 2.58. The Morgan fingerprint density at radius 1 is 1.31 bits per heavy atom. The van der Waals surface area contributed by atoms with Crippen molar-refractivity contribution >= 4 is 6.29 Å². The van der Waals surface area contributed by atoms with E-state index in [0.29, 0.717) is 11.3 Å². The molecule has 2 aliphatic carbocycles. The summed E-state index contributed by atoms with van der Waals surface area (Å²) in [5, 5.41) is 0. The van der Waals surface area contributed by atoms with Crippen LogP contribution in [0.2, 0.25) is 0 Å². The van der Waals surface area contributed by atoms with Crippen molar-refractivity contribution in [3.05, 3.63) is 11.6 Å². The molecule has 0 aromatic heterocycles. The van der Waals surface area contributed by atoms with E-state index in [1.54, 1.807) is 0 Å². The third-order valence-electron chi connectivity index (χ3n) is 5.29. The summed E-state index contributed by atoms with van der Waals surface area (Å²) in [7, 11) is 0. The van der Waals surface area contributed by atoms with Gasteiger partial charge in [-0.2, -0.15) is 0 Å². The third-order valence-corrected chi connectivity index (χ3v) is 5.29. The molecule has 0 saturated heterocycles. The molecule has 0 spiro atoms. The average molecular weight is 220 g/mol. The summed E-state index contributed by atoms with van der Waals surface area (Å²) < 4.78 is 0. The van der Waals surface area contributed by atoms with Crippen molar-refractivity contribution in [3.63, 3.8) is 0 Å². The van der Waals surface area contributed by atoms with Gasteiger partial charge in [0.15, 0.2) is 0 Å². The Kier molecular flexibility index (Phi) is 2.76. The van der Waals surface area contributed by atoms with E-state index in [1.807, 2.05) is 0 Å². The lowest BCUT2D eigenvalue weighted by Crippen LogP contribution is -2.48. The third kappa shape index (κ3) is 1.56. The number of aldehydes is 1. The molecule has 90 valence electrons. The second-order valence-electron chi connectivity index (χ2n) is 6.70. The van der Waals surface area contributed by atoms with Crippen molar-refractivity contribution in [1.82, 2.24) is 0 Å². The first-order chi connectivity index (χ1) is 7.42. The first-order valence-electron chi connectivity index (χ1n) is 6.54. The van der Waals surface area contributed by atoms with Gasteiger partial charge in [0, 0.05) is 5.92 Å². The number of hydrogen-bond donors (Lipinski definition) is 0. The second kappa shape index (κ2) is 3.72. The van der Waals surface area contributed by atoms with Gasteiger partial charge in [-0.1, -0.05) is 38.8 Å². The van der Waals surface area contributed by atoms with Crippen LogP contribution in [-0.4, -0.2) is 6.29 Å². The minimum absolute atomic E-state index is 0.158. The number of carbonyl (C=O) groups excluding carboxylic acids is 1. The molecule has 0 heterocycles. The minimum Gasteiger partial charge on any atom is -0.303 e. The van der Waals surface area contributed by atoms with Crippen LogP contribution in [0.3, 0.4) is 0 Å². The summed E-state index contributed by atoms with van der Waals surface area (Å²) in [6.07, 6.45) is 8.47. The number of carbonyl (C=O) groups is 1. The molecule has 1 unspecified atom stereocenters. The fourth-order valence-corrected chi connectivity index (χ4v) is 4.34. The molecule has 0 aromatic carbocycles. The van der Waals surface area contributed by atoms with Crippen molar-refractivity contribution in [2.45, 2.75) is 53.4 Å². The van der Waals surface area contributed by atoms with Gasteiger partial charge in [-0.15, -0.1) is 0 Å². The lowest BCUT2D eigenvalue weighted by molar-refractivity contribution is -0.119. The average Bonchev–Trinajstić information content (AvgIpc) is 2.15. The standard InChI is InChI=1S/C15H24O/c1-11-6-7-13-14(2,3)8-5-9-15(13,4)12(11)10-16/h6,10,12-13H,5,7-9H2,1-4H3/t12-,13+,15?/m1/s1. The molecule has 1 nitrogen and oxygen atoms in total. The van der Waals surface area contributed by atoms with Crippen LogP contribution >= 0.6 is 0 Å². The Morgan fingerprint density at radius 2 is 2.00 bits per heavy atom. The fraction of sp³-hybridized carbons (Fsp3) is 0.800. The summed E-state index contributed by atoms with van der Waals surface area (Å²) in [4.78, 5) is 11.4. The molecule has 0 aromatic rings. The maximum absolute atomic E-state index is 11.4. The molecule has 1 fully saturated rings. The molecule has 3 atom stereocenters. The van der Waals surface area contributed by atoms with Crippen molar-refractivity contribution < 1.29 is 4.79 Å². The van der Waals surface area contributed by atoms with Crippen LogP contribution in [0.25, 0.3) is 0 Å². The van der Waals surface area contributed by atoms with Gasteiger partial charge in [0.05, 0.1) is 0 Å². The fourth-order valence-electron chi connectivity index (χ4n) is 4.34. The molecule has 0 radical (unpaired) electrons. The molecule has 0 N–H and O–H groups in total. The van der Waals surface area contributed by atoms with E-state index in [4.69, 9.17) is 0 Å². The topological polar surface area (TPSA) is 17.1 Å². The predicted molar refractivity (Wildman–Crippen MR) is 67.2 cm³/mol. The number of rotatable bonds is 1. The smallest absolute Gasteiger partial charge is 0.127 e. The van der Waals surface area contributed by atoms with E-state index >= 15 is 0 Å². The predicted octanol–water partition coefficient (Wildman–Crippen LogP) is 3.98. The SMILES string of the molecule is CC1=CC[C@H]2C(C)(C)CCCC2(C)[C@@H]1C=O.